The summed E-state index contributed by atoms with van der Waals surface area (Å²) >= 11 is 1.79. The van der Waals surface area contributed by atoms with Gasteiger partial charge in [0, 0.05) is 6.92 Å². The summed E-state index contributed by atoms with van der Waals surface area (Å²) in [5.41, 5.74) is 1.27. The van der Waals surface area contributed by atoms with Gasteiger partial charge in [0.25, 0.3) is 13.3 Å². The molecule has 0 fully saturated rings. The van der Waals surface area contributed by atoms with Crippen LogP contribution in [-0.2, 0) is 11.5 Å². The van der Waals surface area contributed by atoms with E-state index in [1.54, 1.807) is 11.3 Å². The minimum absolute atomic E-state index is 0.00512. The average Bonchev–Trinajstić information content (AvgIpc) is 2.99. The van der Waals surface area contributed by atoms with Gasteiger partial charge in [-0.3, -0.25) is 0 Å². The van der Waals surface area contributed by atoms with Gasteiger partial charge in [-0.05, 0) is 22.3 Å². The van der Waals surface area contributed by atoms with Gasteiger partial charge in [-0.1, -0.05) is 92.8 Å². The molecule has 1 aromatic heterocycles. The second kappa shape index (κ2) is 7.70. The van der Waals surface area contributed by atoms with Crippen LogP contribution in [0.15, 0.2) is 66.0 Å². The van der Waals surface area contributed by atoms with Crippen LogP contribution in [0, 0.1) is 6.92 Å². The molecule has 0 amide bonds. The van der Waals surface area contributed by atoms with Gasteiger partial charge < -0.3 is 4.43 Å². The van der Waals surface area contributed by atoms with Gasteiger partial charge in [-0.2, -0.15) is 4.57 Å². The van der Waals surface area contributed by atoms with Crippen molar-refractivity contribution in [2.45, 2.75) is 45.8 Å². The van der Waals surface area contributed by atoms with Crippen molar-refractivity contribution in [1.82, 2.24) is 0 Å². The molecule has 0 aliphatic carbocycles. The lowest BCUT2D eigenvalue weighted by atomic mass is 10.2. The Morgan fingerprint density at radius 1 is 0.926 bits per heavy atom. The standard InChI is InChI=1S/C23H30NOSSi/c1-18-17-26-22(24(18)6)19(2)25-27(23(3,4)5,20-13-9-7-10-14-20)21-15-11-8-12-16-21/h7-17,19H,1-6H3/q+1. The molecule has 2 nitrogen and oxygen atoms in total. The van der Waals surface area contributed by atoms with Crippen molar-refractivity contribution in [2.75, 3.05) is 0 Å². The van der Waals surface area contributed by atoms with Gasteiger partial charge in [-0.15, -0.1) is 0 Å². The zero-order valence-electron chi connectivity index (χ0n) is 17.2. The van der Waals surface area contributed by atoms with Crippen LogP contribution in [0.2, 0.25) is 5.04 Å². The highest BCUT2D eigenvalue weighted by atomic mass is 32.1. The Labute approximate surface area is 168 Å². The molecule has 1 unspecified atom stereocenters. The lowest BCUT2D eigenvalue weighted by Crippen LogP contribution is -2.67. The lowest BCUT2D eigenvalue weighted by molar-refractivity contribution is -0.682. The summed E-state index contributed by atoms with van der Waals surface area (Å²) in [6.07, 6.45) is 0.0278. The summed E-state index contributed by atoms with van der Waals surface area (Å²) < 4.78 is 9.44. The lowest BCUT2D eigenvalue weighted by Gasteiger charge is -2.44. The maximum absolute atomic E-state index is 7.18. The van der Waals surface area contributed by atoms with Crippen molar-refractivity contribution in [3.63, 3.8) is 0 Å². The molecule has 1 atom stereocenters. The number of hydrogen-bond donors (Lipinski definition) is 0. The van der Waals surface area contributed by atoms with Crippen LogP contribution in [0.3, 0.4) is 0 Å². The first-order valence-electron chi connectivity index (χ1n) is 9.50. The van der Waals surface area contributed by atoms with Crippen molar-refractivity contribution >= 4 is 30.0 Å². The van der Waals surface area contributed by atoms with E-state index < -0.39 is 8.32 Å². The van der Waals surface area contributed by atoms with Crippen LogP contribution in [0.1, 0.15) is 44.5 Å². The third kappa shape index (κ3) is 3.66. The fourth-order valence-corrected chi connectivity index (χ4v) is 9.59. The minimum atomic E-state index is -2.52. The van der Waals surface area contributed by atoms with E-state index in [-0.39, 0.29) is 11.1 Å². The van der Waals surface area contributed by atoms with Crippen molar-refractivity contribution in [3.05, 3.63) is 76.7 Å². The van der Waals surface area contributed by atoms with E-state index in [0.29, 0.717) is 0 Å². The number of aromatic nitrogens is 1. The van der Waals surface area contributed by atoms with Crippen molar-refractivity contribution in [1.29, 1.82) is 0 Å². The van der Waals surface area contributed by atoms with Crippen molar-refractivity contribution in [3.8, 4) is 0 Å². The monoisotopic (exact) mass is 396 g/mol. The van der Waals surface area contributed by atoms with E-state index in [9.17, 15) is 0 Å². The smallest absolute Gasteiger partial charge is 0.265 e. The molecular weight excluding hydrogens is 366 g/mol. The summed E-state index contributed by atoms with van der Waals surface area (Å²) in [6.45, 7) is 11.3. The molecule has 0 radical (unpaired) electrons. The summed E-state index contributed by atoms with van der Waals surface area (Å²) in [7, 11) is -0.384. The Kier molecular flexibility index (Phi) is 5.70. The molecule has 2 aromatic carbocycles. The molecule has 1 heterocycles. The molecule has 4 heteroatoms. The summed E-state index contributed by atoms with van der Waals surface area (Å²) in [5, 5.41) is 6.12. The Balaban J connectivity index is 2.19. The third-order valence-corrected chi connectivity index (χ3v) is 11.7. The molecular formula is C23H30NOSSi+. The van der Waals surface area contributed by atoms with E-state index in [2.05, 4.69) is 112 Å². The maximum Gasteiger partial charge on any atom is 0.265 e. The van der Waals surface area contributed by atoms with Gasteiger partial charge in [0.1, 0.15) is 13.2 Å². The Morgan fingerprint density at radius 3 is 1.78 bits per heavy atom. The summed E-state index contributed by atoms with van der Waals surface area (Å²) in [5.74, 6) is 0. The number of thiazole rings is 1. The van der Waals surface area contributed by atoms with E-state index in [1.807, 2.05) is 0 Å². The molecule has 0 N–H and O–H groups in total. The Morgan fingerprint density at radius 2 is 1.41 bits per heavy atom. The highest BCUT2D eigenvalue weighted by Crippen LogP contribution is 2.39. The number of hydrogen-bond acceptors (Lipinski definition) is 2. The topological polar surface area (TPSA) is 13.1 Å². The quantitative estimate of drug-likeness (QED) is 0.456. The summed E-state index contributed by atoms with van der Waals surface area (Å²) in [4.78, 5) is 0. The molecule has 27 heavy (non-hydrogen) atoms. The normalized spacial score (nSPS) is 13.6. The minimum Gasteiger partial charge on any atom is -0.394 e. The van der Waals surface area contributed by atoms with Crippen molar-refractivity contribution < 1.29 is 8.99 Å². The first kappa shape index (κ1) is 20.0. The van der Waals surface area contributed by atoms with Crippen molar-refractivity contribution in [2.24, 2.45) is 7.05 Å². The van der Waals surface area contributed by atoms with Gasteiger partial charge in [0.05, 0.1) is 5.38 Å². The second-order valence-electron chi connectivity index (χ2n) is 8.20. The molecule has 0 saturated heterocycles. The highest BCUT2D eigenvalue weighted by molar-refractivity contribution is 7.09. The highest BCUT2D eigenvalue weighted by Gasteiger charge is 2.51. The fraction of sp³-hybridized carbons (Fsp3) is 0.348. The third-order valence-electron chi connectivity index (χ3n) is 5.33. The van der Waals surface area contributed by atoms with Gasteiger partial charge in [0.2, 0.25) is 0 Å². The fourth-order valence-electron chi connectivity index (χ4n) is 3.85. The summed E-state index contributed by atoms with van der Waals surface area (Å²) in [6, 6.07) is 21.7. The van der Waals surface area contributed by atoms with Crippen LogP contribution in [0.4, 0.5) is 0 Å². The van der Waals surface area contributed by atoms with Gasteiger partial charge in [0.15, 0.2) is 5.69 Å². The Hall–Kier alpha value is -1.75. The largest absolute Gasteiger partial charge is 0.394 e. The maximum atomic E-state index is 7.18. The second-order valence-corrected chi connectivity index (χ2v) is 13.3. The van der Waals surface area contributed by atoms with Crippen LogP contribution in [-0.4, -0.2) is 8.32 Å². The molecule has 3 aromatic rings. The molecule has 0 aliphatic heterocycles. The van der Waals surface area contributed by atoms with E-state index in [0.717, 1.165) is 0 Å². The van der Waals surface area contributed by atoms with Crippen LogP contribution >= 0.6 is 11.3 Å². The molecule has 0 saturated carbocycles. The number of nitrogens with zero attached hydrogens (tertiary/aromatic N) is 1. The Bertz CT molecular complexity index is 844. The first-order chi connectivity index (χ1) is 12.8. The van der Waals surface area contributed by atoms with Crippen LogP contribution < -0.4 is 14.9 Å². The predicted molar refractivity (Wildman–Crippen MR) is 117 cm³/mol. The number of aryl methyl sites for hydroxylation is 1. The first-order valence-corrected chi connectivity index (χ1v) is 12.3. The van der Waals surface area contributed by atoms with Crippen LogP contribution in [0.25, 0.3) is 0 Å². The van der Waals surface area contributed by atoms with E-state index in [4.69, 9.17) is 4.43 Å². The van der Waals surface area contributed by atoms with Gasteiger partial charge >= 0.3 is 0 Å². The average molecular weight is 397 g/mol. The van der Waals surface area contributed by atoms with E-state index in [1.165, 1.54) is 21.1 Å². The molecule has 0 aliphatic rings. The molecule has 142 valence electrons. The SMILES string of the molecule is Cc1csc(C(C)O[Si](c2ccccc2)(c2ccccc2)C(C)(C)C)[n+]1C. The molecule has 0 bridgehead atoms. The molecule has 0 spiro atoms. The molecule has 3 rings (SSSR count). The zero-order chi connectivity index (χ0) is 19.7. The van der Waals surface area contributed by atoms with E-state index >= 15 is 0 Å². The van der Waals surface area contributed by atoms with Crippen LogP contribution in [0.5, 0.6) is 0 Å². The predicted octanol–water partition coefficient (Wildman–Crippen LogP) is 4.52. The number of benzene rings is 2. The van der Waals surface area contributed by atoms with Gasteiger partial charge in [-0.25, -0.2) is 0 Å². The number of rotatable bonds is 5. The zero-order valence-corrected chi connectivity index (χ0v) is 19.0.